The third-order valence-corrected chi connectivity index (χ3v) is 12.0. The third kappa shape index (κ3) is 6.18. The molecule has 282 valence electrons. The standard InChI is InChI=1S/C58H40N2/c1-39-35-43(46-31-32-54-53(38-46)57-55(60(54)49-22-6-3-7-23-49)33-34-59-58(57)42-17-4-2-5-18-42)21-14-26-50(47-29-27-40-15-8-10-19-44(40)36-47)51-24-12-13-25-52(51)56(39)48-30-28-41-16-9-11-20-45(41)37-48/h2-25,27-38H,1,26H2/b21-14-,43-35+,51-50+,56-52?. The molecule has 0 N–H and O–H groups in total. The first kappa shape index (κ1) is 35.4. The van der Waals surface area contributed by atoms with Gasteiger partial charge in [0.2, 0.25) is 0 Å². The number of benzene rings is 8. The van der Waals surface area contributed by atoms with Crippen LogP contribution >= 0.6 is 0 Å². The van der Waals surface area contributed by atoms with Gasteiger partial charge in [-0.25, -0.2) is 0 Å². The highest BCUT2D eigenvalue weighted by Gasteiger charge is 2.19. The molecule has 1 aliphatic rings. The Hall–Kier alpha value is -7.81. The highest BCUT2D eigenvalue weighted by atomic mass is 15.0. The molecule has 0 aliphatic heterocycles. The van der Waals surface area contributed by atoms with Crippen LogP contribution in [0.15, 0.2) is 231 Å². The fourth-order valence-electron chi connectivity index (χ4n) is 9.19. The van der Waals surface area contributed by atoms with Crippen molar-refractivity contribution in [3.63, 3.8) is 0 Å². The van der Waals surface area contributed by atoms with Crippen molar-refractivity contribution in [2.24, 2.45) is 0 Å². The molecule has 0 atom stereocenters. The van der Waals surface area contributed by atoms with Crippen LogP contribution in [0.1, 0.15) is 23.1 Å². The second kappa shape index (κ2) is 14.8. The first-order valence-corrected chi connectivity index (χ1v) is 20.6. The Labute approximate surface area is 349 Å². The molecule has 2 heterocycles. The Balaban J connectivity index is 1.17. The van der Waals surface area contributed by atoms with Gasteiger partial charge in [-0.2, -0.15) is 0 Å². The first-order chi connectivity index (χ1) is 29.7. The van der Waals surface area contributed by atoms with Gasteiger partial charge in [0, 0.05) is 28.2 Å². The summed E-state index contributed by atoms with van der Waals surface area (Å²) in [5.74, 6) is 0. The molecule has 0 saturated heterocycles. The monoisotopic (exact) mass is 764 g/mol. The number of hydrogen-bond donors (Lipinski definition) is 0. The van der Waals surface area contributed by atoms with E-state index in [0.29, 0.717) is 0 Å². The zero-order chi connectivity index (χ0) is 40.0. The Morgan fingerprint density at radius 2 is 1.10 bits per heavy atom. The van der Waals surface area contributed by atoms with Gasteiger partial charge in [0.05, 0.1) is 16.7 Å². The van der Waals surface area contributed by atoms with Gasteiger partial charge in [0.1, 0.15) is 0 Å². The van der Waals surface area contributed by atoms with Gasteiger partial charge in [0.15, 0.2) is 0 Å². The summed E-state index contributed by atoms with van der Waals surface area (Å²) in [5.41, 5.74) is 13.4. The molecule has 0 amide bonds. The van der Waals surface area contributed by atoms with Gasteiger partial charge < -0.3 is 4.57 Å². The lowest BCUT2D eigenvalue weighted by Crippen LogP contribution is -2.30. The zero-order valence-electron chi connectivity index (χ0n) is 33.1. The van der Waals surface area contributed by atoms with Crippen molar-refractivity contribution < 1.29 is 0 Å². The lowest BCUT2D eigenvalue weighted by Gasteiger charge is -2.16. The summed E-state index contributed by atoms with van der Waals surface area (Å²) in [7, 11) is 0. The van der Waals surface area contributed by atoms with Crippen LogP contribution in [0.3, 0.4) is 0 Å². The number of nitrogens with zero attached hydrogens (tertiary/aromatic N) is 2. The molecule has 1 aliphatic carbocycles. The van der Waals surface area contributed by atoms with Gasteiger partial charge in [-0.05, 0) is 126 Å². The van der Waals surface area contributed by atoms with Crippen molar-refractivity contribution in [3.8, 4) is 16.9 Å². The van der Waals surface area contributed by atoms with E-state index in [0.717, 1.165) is 73.0 Å². The summed E-state index contributed by atoms with van der Waals surface area (Å²) in [6, 6.07) is 70.0. The summed E-state index contributed by atoms with van der Waals surface area (Å²) in [5, 5.41) is 9.58. The maximum Gasteiger partial charge on any atom is 0.0802 e. The van der Waals surface area contributed by atoms with E-state index in [1.165, 1.54) is 43.1 Å². The minimum atomic E-state index is 0.752. The smallest absolute Gasteiger partial charge is 0.0802 e. The van der Waals surface area contributed by atoms with Crippen LogP contribution in [0.25, 0.3) is 77.0 Å². The molecule has 0 fully saturated rings. The zero-order valence-corrected chi connectivity index (χ0v) is 33.1. The van der Waals surface area contributed by atoms with Crippen LogP contribution in [-0.2, 0) is 0 Å². The van der Waals surface area contributed by atoms with Crippen LogP contribution in [0.5, 0.6) is 0 Å². The molecule has 2 heteroatoms. The van der Waals surface area contributed by atoms with Crippen LogP contribution in [0, 0.1) is 0 Å². The van der Waals surface area contributed by atoms with E-state index in [2.05, 4.69) is 217 Å². The molecule has 2 nitrogen and oxygen atoms in total. The number of fused-ring (bicyclic) bond motifs is 6. The molecule has 0 spiro atoms. The van der Waals surface area contributed by atoms with Gasteiger partial charge in [0.25, 0.3) is 0 Å². The summed E-state index contributed by atoms with van der Waals surface area (Å²) >= 11 is 0. The quantitative estimate of drug-likeness (QED) is 0.171. The van der Waals surface area contributed by atoms with Crippen LogP contribution in [0.4, 0.5) is 0 Å². The fraction of sp³-hybridized carbons (Fsp3) is 0.0172. The molecule has 0 unspecified atom stereocenters. The topological polar surface area (TPSA) is 17.8 Å². The number of pyridine rings is 1. The fourth-order valence-corrected chi connectivity index (χ4v) is 9.19. The maximum atomic E-state index is 5.02. The highest BCUT2D eigenvalue weighted by molar-refractivity contribution is 6.15. The molecule has 0 saturated carbocycles. The Morgan fingerprint density at radius 3 is 1.85 bits per heavy atom. The van der Waals surface area contributed by atoms with E-state index in [1.54, 1.807) is 0 Å². The Bertz CT molecular complexity index is 3510. The second-order valence-electron chi connectivity index (χ2n) is 15.6. The third-order valence-electron chi connectivity index (χ3n) is 12.0. The van der Waals surface area contributed by atoms with E-state index in [4.69, 9.17) is 11.6 Å². The first-order valence-electron chi connectivity index (χ1n) is 20.6. The van der Waals surface area contributed by atoms with E-state index in [1.807, 2.05) is 6.20 Å². The molecule has 10 aromatic rings. The number of rotatable bonds is 5. The average molecular weight is 765 g/mol. The van der Waals surface area contributed by atoms with E-state index in [9.17, 15) is 0 Å². The van der Waals surface area contributed by atoms with Gasteiger partial charge >= 0.3 is 0 Å². The van der Waals surface area contributed by atoms with E-state index >= 15 is 0 Å². The predicted octanol–water partition coefficient (Wildman–Crippen LogP) is 13.1. The van der Waals surface area contributed by atoms with Crippen molar-refractivity contribution in [2.45, 2.75) is 6.42 Å². The Morgan fingerprint density at radius 1 is 0.483 bits per heavy atom. The number of allylic oxidation sites excluding steroid dienone is 5. The minimum absolute atomic E-state index is 0.752. The number of aromatic nitrogens is 2. The summed E-state index contributed by atoms with van der Waals surface area (Å²) in [4.78, 5) is 5.02. The largest absolute Gasteiger partial charge is 0.309 e. The molecular formula is C58H40N2. The summed E-state index contributed by atoms with van der Waals surface area (Å²) in [6.07, 6.45) is 9.60. The van der Waals surface area contributed by atoms with Gasteiger partial charge in [-0.15, -0.1) is 0 Å². The van der Waals surface area contributed by atoms with Crippen LogP contribution in [-0.4, -0.2) is 9.55 Å². The lowest BCUT2D eigenvalue weighted by molar-refractivity contribution is 1.17. The summed E-state index contributed by atoms with van der Waals surface area (Å²) in [6.45, 7) is 4.88. The van der Waals surface area contributed by atoms with Crippen molar-refractivity contribution in [3.05, 3.63) is 258 Å². The van der Waals surface area contributed by atoms with Gasteiger partial charge in [-0.3, -0.25) is 4.98 Å². The van der Waals surface area contributed by atoms with Crippen molar-refractivity contribution in [2.75, 3.05) is 0 Å². The van der Waals surface area contributed by atoms with Crippen molar-refractivity contribution in [1.29, 1.82) is 0 Å². The molecule has 0 radical (unpaired) electrons. The Kier molecular flexibility index (Phi) is 8.75. The van der Waals surface area contributed by atoms with Crippen molar-refractivity contribution >= 4 is 60.1 Å². The highest BCUT2D eigenvalue weighted by Crippen LogP contribution is 2.39. The second-order valence-corrected chi connectivity index (χ2v) is 15.6. The number of para-hydroxylation sites is 1. The van der Waals surface area contributed by atoms with E-state index < -0.39 is 0 Å². The van der Waals surface area contributed by atoms with Crippen LogP contribution < -0.4 is 10.4 Å². The average Bonchev–Trinajstić information content (AvgIpc) is 3.64. The molecular weight excluding hydrogens is 725 g/mol. The molecule has 11 rings (SSSR count). The van der Waals surface area contributed by atoms with Crippen molar-refractivity contribution in [1.82, 2.24) is 9.55 Å². The molecule has 2 aromatic heterocycles. The number of hydrogen-bond acceptors (Lipinski definition) is 1. The molecule has 60 heavy (non-hydrogen) atoms. The SMILES string of the molecule is C=C1/C=C(c2ccc3c(c2)c2c(-c4ccccc4)nccc2n3-c2ccccc2)\C=C/C/C(c2ccc3ccccc3c2)=c2/ccccc2=C1c1ccc2ccccc2c1. The van der Waals surface area contributed by atoms with Crippen LogP contribution in [0.2, 0.25) is 0 Å². The molecule has 8 aromatic carbocycles. The normalized spacial score (nSPS) is 15.6. The molecule has 0 bridgehead atoms. The van der Waals surface area contributed by atoms with Gasteiger partial charge in [-0.1, -0.05) is 170 Å². The predicted molar refractivity (Wildman–Crippen MR) is 253 cm³/mol. The maximum absolute atomic E-state index is 5.02. The minimum Gasteiger partial charge on any atom is -0.309 e. The van der Waals surface area contributed by atoms with E-state index in [-0.39, 0.29) is 0 Å². The summed E-state index contributed by atoms with van der Waals surface area (Å²) < 4.78 is 2.37. The lowest BCUT2D eigenvalue weighted by atomic mass is 9.88.